The van der Waals surface area contributed by atoms with E-state index in [0.29, 0.717) is 31.4 Å². The van der Waals surface area contributed by atoms with Crippen LogP contribution in [0.25, 0.3) is 0 Å². The number of ether oxygens (including phenoxy) is 3. The first-order chi connectivity index (χ1) is 13.9. The van der Waals surface area contributed by atoms with Gasteiger partial charge in [0.15, 0.2) is 11.5 Å². The molecule has 12 heteroatoms. The monoisotopic (exact) mass is 432 g/mol. The van der Waals surface area contributed by atoms with Gasteiger partial charge in [0.05, 0.1) is 30.3 Å². The number of nitrogens with one attached hydrogen (secondary N) is 1. The number of nitro benzene ring substituents is 1. The van der Waals surface area contributed by atoms with Crippen molar-refractivity contribution in [3.05, 3.63) is 27.8 Å². The predicted molar refractivity (Wildman–Crippen MR) is 105 cm³/mol. The molecule has 1 aromatic carbocycles. The molecule has 0 aliphatic carbocycles. The molecule has 0 heterocycles. The van der Waals surface area contributed by atoms with Crippen LogP contribution in [0.2, 0.25) is 6.04 Å². The smallest absolute Gasteiger partial charge is 0.493 e. The zero-order valence-corrected chi connectivity index (χ0v) is 18.3. The molecule has 0 atom stereocenters. The number of amides is 1. The van der Waals surface area contributed by atoms with Gasteiger partial charge in [-0.05, 0) is 19.4 Å². The summed E-state index contributed by atoms with van der Waals surface area (Å²) in [5.41, 5.74) is -0.0341. The van der Waals surface area contributed by atoms with Crippen LogP contribution in [-0.4, -0.2) is 61.4 Å². The summed E-state index contributed by atoms with van der Waals surface area (Å²) in [6.07, 6.45) is -0.153. The molecule has 29 heavy (non-hydrogen) atoms. The lowest BCUT2D eigenvalue weighted by atomic mass is 10.1. The maximum absolute atomic E-state index is 11.9. The molecule has 1 aromatic rings. The molecule has 0 aliphatic rings. The Hall–Kier alpha value is -2.41. The van der Waals surface area contributed by atoms with E-state index in [9.17, 15) is 14.9 Å². The third-order valence-corrected chi connectivity index (χ3v) is 6.91. The van der Waals surface area contributed by atoms with E-state index >= 15 is 0 Å². The quantitative estimate of drug-likeness (QED) is 0.216. The van der Waals surface area contributed by atoms with Gasteiger partial charge in [0.1, 0.15) is 6.61 Å². The molecular weight excluding hydrogens is 404 g/mol. The average molecular weight is 433 g/mol. The molecule has 0 bridgehead atoms. The van der Waals surface area contributed by atoms with E-state index in [4.69, 9.17) is 27.5 Å². The average Bonchev–Trinajstić information content (AvgIpc) is 2.73. The van der Waals surface area contributed by atoms with Crippen molar-refractivity contribution < 1.29 is 37.2 Å². The van der Waals surface area contributed by atoms with E-state index in [-0.39, 0.29) is 23.6 Å². The van der Waals surface area contributed by atoms with E-state index in [1.165, 1.54) is 40.6 Å². The molecule has 0 aliphatic heterocycles. The third kappa shape index (κ3) is 7.16. The summed E-state index contributed by atoms with van der Waals surface area (Å²) < 4.78 is 31.5. The van der Waals surface area contributed by atoms with Crippen LogP contribution in [-0.2, 0) is 24.6 Å². The summed E-state index contributed by atoms with van der Waals surface area (Å²) in [5.74, 6) is 0.563. The largest absolute Gasteiger partial charge is 0.500 e. The number of methoxy groups -OCH3 is 1. The van der Waals surface area contributed by atoms with Crippen molar-refractivity contribution in [3.63, 3.8) is 0 Å². The molecule has 11 nitrogen and oxygen atoms in total. The van der Waals surface area contributed by atoms with Gasteiger partial charge in [-0.15, -0.1) is 0 Å². The van der Waals surface area contributed by atoms with Crippen molar-refractivity contribution in [2.45, 2.75) is 26.0 Å². The van der Waals surface area contributed by atoms with Crippen LogP contribution in [0.4, 0.5) is 10.5 Å². The maximum atomic E-state index is 11.9. The standard InChI is InChI=1S/C17H28N2O9Si/c1-6-27-16-11-14(19(21)22)13(10-15(16)23-2)12-28-17(20)18-8-7-9-29(24-3,25-4)26-5/h10-11H,6-9,12H2,1-5H3,(H,18,20). The normalized spacial score (nSPS) is 11.1. The topological polar surface area (TPSA) is 128 Å². The van der Waals surface area contributed by atoms with Gasteiger partial charge in [-0.2, -0.15) is 0 Å². The Bertz CT molecular complexity index is 675. The molecule has 0 saturated heterocycles. The van der Waals surface area contributed by atoms with Crippen LogP contribution in [0, 0.1) is 10.1 Å². The SMILES string of the molecule is CCOc1cc([N+](=O)[O-])c(COC(=O)NCCC[Si](OC)(OC)OC)cc1OC. The van der Waals surface area contributed by atoms with Gasteiger partial charge in [0.2, 0.25) is 0 Å². The van der Waals surface area contributed by atoms with E-state index in [1.54, 1.807) is 6.92 Å². The fourth-order valence-corrected chi connectivity index (χ4v) is 4.27. The zero-order valence-electron chi connectivity index (χ0n) is 17.3. The van der Waals surface area contributed by atoms with Crippen molar-refractivity contribution in [3.8, 4) is 11.5 Å². The van der Waals surface area contributed by atoms with E-state index in [2.05, 4.69) is 5.32 Å². The molecular formula is C17H28N2O9Si. The van der Waals surface area contributed by atoms with Crippen molar-refractivity contribution in [2.24, 2.45) is 0 Å². The maximum Gasteiger partial charge on any atom is 0.500 e. The van der Waals surface area contributed by atoms with E-state index < -0.39 is 19.8 Å². The predicted octanol–water partition coefficient (Wildman–Crippen LogP) is 2.50. The van der Waals surface area contributed by atoms with Gasteiger partial charge in [-0.1, -0.05) is 0 Å². The highest BCUT2D eigenvalue weighted by atomic mass is 28.4. The van der Waals surface area contributed by atoms with Gasteiger partial charge in [-0.25, -0.2) is 4.79 Å². The molecule has 0 aromatic heterocycles. The minimum Gasteiger partial charge on any atom is -0.493 e. The fraction of sp³-hybridized carbons (Fsp3) is 0.588. The van der Waals surface area contributed by atoms with Crippen LogP contribution in [0.3, 0.4) is 0 Å². The molecule has 1 rings (SSSR count). The lowest BCUT2D eigenvalue weighted by Crippen LogP contribution is -2.43. The van der Waals surface area contributed by atoms with Crippen molar-refractivity contribution in [1.29, 1.82) is 0 Å². The number of carbonyl (C=O) groups excluding carboxylic acids is 1. The number of carbonyl (C=O) groups is 1. The van der Waals surface area contributed by atoms with Gasteiger partial charge >= 0.3 is 14.9 Å². The highest BCUT2D eigenvalue weighted by Crippen LogP contribution is 2.35. The van der Waals surface area contributed by atoms with Crippen LogP contribution in [0.5, 0.6) is 11.5 Å². The summed E-state index contributed by atoms with van der Waals surface area (Å²) >= 11 is 0. The first-order valence-electron chi connectivity index (χ1n) is 8.90. The van der Waals surface area contributed by atoms with E-state index in [1.807, 2.05) is 0 Å². The molecule has 1 N–H and O–H groups in total. The number of alkyl carbamates (subject to hydrolysis) is 1. The van der Waals surface area contributed by atoms with Crippen molar-refractivity contribution in [1.82, 2.24) is 5.32 Å². The second-order valence-corrected chi connectivity index (χ2v) is 8.81. The first kappa shape index (κ1) is 24.6. The Labute approximate surface area is 170 Å². The van der Waals surface area contributed by atoms with Crippen LogP contribution < -0.4 is 14.8 Å². The number of nitro groups is 1. The molecule has 1 amide bonds. The Morgan fingerprint density at radius 1 is 1.14 bits per heavy atom. The highest BCUT2D eigenvalue weighted by molar-refractivity contribution is 6.60. The second-order valence-electron chi connectivity index (χ2n) is 5.72. The summed E-state index contributed by atoms with van der Waals surface area (Å²) in [5, 5.41) is 13.9. The number of benzene rings is 1. The molecule has 0 radical (unpaired) electrons. The van der Waals surface area contributed by atoms with E-state index in [0.717, 1.165) is 0 Å². The third-order valence-electron chi connectivity index (χ3n) is 4.08. The molecule has 0 saturated carbocycles. The molecule has 0 fully saturated rings. The number of hydrogen-bond donors (Lipinski definition) is 1. The van der Waals surface area contributed by atoms with Gasteiger partial charge in [0, 0.05) is 33.9 Å². The lowest BCUT2D eigenvalue weighted by molar-refractivity contribution is -0.385. The summed E-state index contributed by atoms with van der Waals surface area (Å²) in [7, 11) is 3.26. The minimum absolute atomic E-state index is 0.190. The minimum atomic E-state index is -2.70. The first-order valence-corrected chi connectivity index (χ1v) is 10.8. The Kier molecular flexibility index (Phi) is 10.4. The van der Waals surface area contributed by atoms with Gasteiger partial charge < -0.3 is 32.8 Å². The van der Waals surface area contributed by atoms with Gasteiger partial charge in [-0.3, -0.25) is 10.1 Å². The second kappa shape index (κ2) is 12.2. The molecule has 0 spiro atoms. The lowest BCUT2D eigenvalue weighted by Gasteiger charge is -2.24. The van der Waals surface area contributed by atoms with Crippen LogP contribution >= 0.6 is 0 Å². The molecule has 164 valence electrons. The highest BCUT2D eigenvalue weighted by Gasteiger charge is 2.36. The zero-order chi connectivity index (χ0) is 21.9. The van der Waals surface area contributed by atoms with Crippen molar-refractivity contribution in [2.75, 3.05) is 41.6 Å². The van der Waals surface area contributed by atoms with Crippen molar-refractivity contribution >= 4 is 20.6 Å². The summed E-state index contributed by atoms with van der Waals surface area (Å²) in [4.78, 5) is 22.7. The molecule has 0 unspecified atom stereocenters. The fourth-order valence-electron chi connectivity index (χ4n) is 2.55. The Balaban J connectivity index is 2.65. The summed E-state index contributed by atoms with van der Waals surface area (Å²) in [6, 6.07) is 3.19. The summed E-state index contributed by atoms with van der Waals surface area (Å²) in [6.45, 7) is 2.09. The Morgan fingerprint density at radius 2 is 1.79 bits per heavy atom. The number of nitrogens with zero attached hydrogens (tertiary/aromatic N) is 1. The van der Waals surface area contributed by atoms with Gasteiger partial charge in [0.25, 0.3) is 5.69 Å². The number of rotatable bonds is 13. The van der Waals surface area contributed by atoms with Crippen LogP contribution in [0.1, 0.15) is 18.9 Å². The Morgan fingerprint density at radius 3 is 2.31 bits per heavy atom. The number of hydrogen-bond acceptors (Lipinski definition) is 9. The van der Waals surface area contributed by atoms with Crippen LogP contribution in [0.15, 0.2) is 12.1 Å².